The maximum absolute atomic E-state index is 12.8. The largest absolute Gasteiger partial charge is 0.508 e. The molecule has 13 heteroatoms. The van der Waals surface area contributed by atoms with Crippen LogP contribution in [0.4, 0.5) is 0 Å². The second-order valence-electron chi connectivity index (χ2n) is 6.56. The minimum atomic E-state index is -1.46. The fraction of sp³-hybridized carbons (Fsp3) is 0.389. The summed E-state index contributed by atoms with van der Waals surface area (Å²) >= 11 is 3.93. The van der Waals surface area contributed by atoms with Crippen LogP contribution in [0.1, 0.15) is 12.0 Å². The fourth-order valence-corrected chi connectivity index (χ4v) is 2.57. The van der Waals surface area contributed by atoms with Crippen molar-refractivity contribution in [3.05, 3.63) is 29.8 Å². The molecule has 0 spiro atoms. The molecule has 0 radical (unpaired) electrons. The number of phenolic OH excluding ortho intramolecular Hbond substituents is 1. The first-order valence-corrected chi connectivity index (χ1v) is 9.69. The number of carbonyl (C=O) groups excluding carboxylic acids is 4. The third-order valence-electron chi connectivity index (χ3n) is 3.99. The van der Waals surface area contributed by atoms with Crippen LogP contribution in [0.25, 0.3) is 0 Å². The number of hydrogen-bond donors (Lipinski definition) is 8. The first kappa shape index (κ1) is 25.7. The molecular formula is C18H25N5O7S. The Bertz CT molecular complexity index is 818. The Hall–Kier alpha value is -3.32. The van der Waals surface area contributed by atoms with Gasteiger partial charge in [-0.1, -0.05) is 12.1 Å². The molecule has 3 atom stereocenters. The van der Waals surface area contributed by atoms with Crippen molar-refractivity contribution in [2.24, 2.45) is 11.5 Å². The van der Waals surface area contributed by atoms with Gasteiger partial charge in [0.15, 0.2) is 0 Å². The van der Waals surface area contributed by atoms with Crippen molar-refractivity contribution in [3.8, 4) is 5.75 Å². The average molecular weight is 455 g/mol. The molecule has 170 valence electrons. The molecule has 0 saturated carbocycles. The molecule has 0 heterocycles. The highest BCUT2D eigenvalue weighted by Crippen LogP contribution is 2.12. The number of carbonyl (C=O) groups is 5. The lowest BCUT2D eigenvalue weighted by molar-refractivity contribution is -0.138. The lowest BCUT2D eigenvalue weighted by atomic mass is 10.0. The van der Waals surface area contributed by atoms with Gasteiger partial charge in [-0.2, -0.15) is 12.6 Å². The average Bonchev–Trinajstić information content (AvgIpc) is 2.71. The number of aromatic hydroxyl groups is 1. The number of rotatable bonds is 12. The number of thiol groups is 1. The molecule has 4 amide bonds. The summed E-state index contributed by atoms with van der Waals surface area (Å²) in [5.74, 6) is -4.65. The molecular weight excluding hydrogens is 430 g/mol. The number of benzene rings is 1. The van der Waals surface area contributed by atoms with Crippen molar-refractivity contribution in [1.82, 2.24) is 16.0 Å². The molecule has 0 aromatic heterocycles. The lowest BCUT2D eigenvalue weighted by Crippen LogP contribution is -2.57. The monoisotopic (exact) mass is 455 g/mol. The molecule has 0 fully saturated rings. The Labute approximate surface area is 183 Å². The van der Waals surface area contributed by atoms with E-state index in [2.05, 4.69) is 23.3 Å². The SMILES string of the molecule is NC(=O)CC(NC(=O)C(Cc1ccc(O)cc1)NC(=O)C(N)CS)C(=O)NCC(=O)O. The summed E-state index contributed by atoms with van der Waals surface area (Å²) in [5, 5.41) is 24.9. The standard InChI is InChI=1S/C18H25N5O7S/c19-11(8-31)16(28)22-12(5-9-1-3-10(24)4-2-9)18(30)23-13(6-14(20)25)17(29)21-7-15(26)27/h1-4,11-13,24,31H,5-8,19H2,(H2,20,25)(H,21,29)(H,22,28)(H,23,30)(H,26,27). The molecule has 1 rings (SSSR count). The second-order valence-corrected chi connectivity index (χ2v) is 6.93. The minimum absolute atomic E-state index is 0.00232. The van der Waals surface area contributed by atoms with E-state index in [4.69, 9.17) is 16.6 Å². The fourth-order valence-electron chi connectivity index (χ4n) is 2.41. The van der Waals surface area contributed by atoms with E-state index < -0.39 is 60.7 Å². The zero-order valence-electron chi connectivity index (χ0n) is 16.4. The quantitative estimate of drug-likeness (QED) is 0.154. The molecule has 0 aliphatic rings. The molecule has 9 N–H and O–H groups in total. The number of amides is 4. The maximum Gasteiger partial charge on any atom is 0.322 e. The Morgan fingerprint density at radius 3 is 2.06 bits per heavy atom. The van der Waals surface area contributed by atoms with Crippen LogP contribution in [-0.4, -0.2) is 70.2 Å². The van der Waals surface area contributed by atoms with Gasteiger partial charge in [0.1, 0.15) is 24.4 Å². The van der Waals surface area contributed by atoms with Gasteiger partial charge in [0.2, 0.25) is 23.6 Å². The number of primary amides is 1. The van der Waals surface area contributed by atoms with E-state index in [1.54, 1.807) is 0 Å². The third-order valence-corrected chi connectivity index (χ3v) is 4.39. The van der Waals surface area contributed by atoms with Crippen LogP contribution in [0.2, 0.25) is 0 Å². The summed E-state index contributed by atoms with van der Waals surface area (Å²) in [7, 11) is 0. The van der Waals surface area contributed by atoms with E-state index in [1.807, 2.05) is 5.32 Å². The van der Waals surface area contributed by atoms with Crippen LogP contribution < -0.4 is 27.4 Å². The van der Waals surface area contributed by atoms with E-state index in [0.717, 1.165) is 0 Å². The number of phenols is 1. The normalized spacial score (nSPS) is 13.4. The number of carboxylic acids is 1. The van der Waals surface area contributed by atoms with Crippen molar-refractivity contribution in [1.29, 1.82) is 0 Å². The summed E-state index contributed by atoms with van der Waals surface area (Å²) < 4.78 is 0. The highest BCUT2D eigenvalue weighted by atomic mass is 32.1. The van der Waals surface area contributed by atoms with Crippen molar-refractivity contribution >= 4 is 42.2 Å². The Morgan fingerprint density at radius 1 is 0.968 bits per heavy atom. The number of hydrogen-bond acceptors (Lipinski definition) is 8. The van der Waals surface area contributed by atoms with E-state index in [1.165, 1.54) is 24.3 Å². The predicted octanol–water partition coefficient (Wildman–Crippen LogP) is -2.76. The maximum atomic E-state index is 12.8. The van der Waals surface area contributed by atoms with Crippen LogP contribution in [0.3, 0.4) is 0 Å². The highest BCUT2D eigenvalue weighted by molar-refractivity contribution is 7.80. The smallest absolute Gasteiger partial charge is 0.322 e. The molecule has 3 unspecified atom stereocenters. The molecule has 1 aromatic rings. The van der Waals surface area contributed by atoms with Crippen LogP contribution >= 0.6 is 12.6 Å². The van der Waals surface area contributed by atoms with Crippen LogP contribution in [-0.2, 0) is 30.4 Å². The van der Waals surface area contributed by atoms with Crippen molar-refractivity contribution in [3.63, 3.8) is 0 Å². The van der Waals surface area contributed by atoms with Gasteiger partial charge in [0.25, 0.3) is 0 Å². The lowest BCUT2D eigenvalue weighted by Gasteiger charge is -2.23. The van der Waals surface area contributed by atoms with Gasteiger partial charge in [0, 0.05) is 12.2 Å². The first-order valence-electron chi connectivity index (χ1n) is 9.06. The second kappa shape index (κ2) is 12.4. The predicted molar refractivity (Wildman–Crippen MR) is 112 cm³/mol. The molecule has 1 aromatic carbocycles. The van der Waals surface area contributed by atoms with Crippen molar-refractivity contribution < 1.29 is 34.2 Å². The van der Waals surface area contributed by atoms with Gasteiger partial charge in [-0.3, -0.25) is 24.0 Å². The number of nitrogens with two attached hydrogens (primary N) is 2. The molecule has 0 aliphatic heterocycles. The zero-order chi connectivity index (χ0) is 23.6. The van der Waals surface area contributed by atoms with Gasteiger partial charge in [-0.05, 0) is 17.7 Å². The van der Waals surface area contributed by atoms with Crippen molar-refractivity contribution in [2.45, 2.75) is 31.0 Å². The summed E-state index contributed by atoms with van der Waals surface area (Å²) in [6.45, 7) is -0.728. The zero-order valence-corrected chi connectivity index (χ0v) is 17.3. The minimum Gasteiger partial charge on any atom is -0.508 e. The topological polar surface area (TPSA) is 214 Å². The van der Waals surface area contributed by atoms with Gasteiger partial charge >= 0.3 is 5.97 Å². The Balaban J connectivity index is 3.03. The van der Waals surface area contributed by atoms with Crippen LogP contribution in [0.5, 0.6) is 5.75 Å². The van der Waals surface area contributed by atoms with Crippen LogP contribution in [0.15, 0.2) is 24.3 Å². The van der Waals surface area contributed by atoms with Gasteiger partial charge in [0.05, 0.1) is 12.5 Å². The van der Waals surface area contributed by atoms with Gasteiger partial charge in [-0.15, -0.1) is 0 Å². The van der Waals surface area contributed by atoms with Crippen molar-refractivity contribution in [2.75, 3.05) is 12.3 Å². The summed E-state index contributed by atoms with van der Waals surface area (Å²) in [5.41, 5.74) is 11.3. The number of aliphatic carboxylic acids is 1. The number of carboxylic acid groups (broad SMARTS) is 1. The van der Waals surface area contributed by atoms with E-state index in [9.17, 15) is 29.1 Å². The molecule has 0 bridgehead atoms. The Kier molecular flexibility index (Phi) is 10.3. The summed E-state index contributed by atoms with van der Waals surface area (Å²) in [4.78, 5) is 59.1. The molecule has 0 saturated heterocycles. The van der Waals surface area contributed by atoms with E-state index in [-0.39, 0.29) is 17.9 Å². The Morgan fingerprint density at radius 2 is 1.55 bits per heavy atom. The summed E-state index contributed by atoms with van der Waals surface area (Å²) in [6.07, 6.45) is -0.621. The number of nitrogens with one attached hydrogen (secondary N) is 3. The highest BCUT2D eigenvalue weighted by Gasteiger charge is 2.29. The van der Waals surface area contributed by atoms with Gasteiger partial charge < -0.3 is 37.6 Å². The third kappa shape index (κ3) is 9.35. The van der Waals surface area contributed by atoms with E-state index >= 15 is 0 Å². The molecule has 31 heavy (non-hydrogen) atoms. The first-order chi connectivity index (χ1) is 14.5. The van der Waals surface area contributed by atoms with Crippen LogP contribution in [0, 0.1) is 0 Å². The van der Waals surface area contributed by atoms with E-state index in [0.29, 0.717) is 5.56 Å². The summed E-state index contributed by atoms with van der Waals surface area (Å²) in [6, 6.07) is 2.18. The molecule has 0 aliphatic carbocycles. The van der Waals surface area contributed by atoms with Gasteiger partial charge in [-0.25, -0.2) is 0 Å². The molecule has 12 nitrogen and oxygen atoms in total.